The maximum Gasteiger partial charge on any atom is 0.227 e. The van der Waals surface area contributed by atoms with Gasteiger partial charge in [0.15, 0.2) is 0 Å². The second kappa shape index (κ2) is 7.41. The third-order valence-electron chi connectivity index (χ3n) is 4.07. The zero-order valence-corrected chi connectivity index (χ0v) is 12.2. The summed E-state index contributed by atoms with van der Waals surface area (Å²) < 4.78 is 0. The molecule has 0 saturated carbocycles. The summed E-state index contributed by atoms with van der Waals surface area (Å²) >= 11 is 0. The molecule has 1 saturated heterocycles. The van der Waals surface area contributed by atoms with E-state index in [1.807, 2.05) is 37.3 Å². The van der Waals surface area contributed by atoms with Gasteiger partial charge in [-0.2, -0.15) is 0 Å². The van der Waals surface area contributed by atoms with Crippen molar-refractivity contribution in [3.63, 3.8) is 0 Å². The number of hydrogen-bond acceptors (Lipinski definition) is 3. The van der Waals surface area contributed by atoms with Crippen LogP contribution in [0.4, 0.5) is 0 Å². The van der Waals surface area contributed by atoms with Crippen LogP contribution in [0.1, 0.15) is 31.2 Å². The van der Waals surface area contributed by atoms with E-state index in [-0.39, 0.29) is 11.8 Å². The SMILES string of the molecule is CC(C(=O)NC1CCN(CCN)CC1)c1ccccc1. The average molecular weight is 275 g/mol. The minimum absolute atomic E-state index is 0.0849. The molecule has 0 spiro atoms. The first-order valence-electron chi connectivity index (χ1n) is 7.48. The van der Waals surface area contributed by atoms with Gasteiger partial charge in [0.1, 0.15) is 0 Å². The normalized spacial score (nSPS) is 18.7. The van der Waals surface area contributed by atoms with Crippen LogP contribution in [0.15, 0.2) is 30.3 Å². The Morgan fingerprint density at radius 1 is 1.35 bits per heavy atom. The van der Waals surface area contributed by atoms with Gasteiger partial charge in [-0.05, 0) is 25.3 Å². The van der Waals surface area contributed by atoms with Crippen molar-refractivity contribution >= 4 is 5.91 Å². The van der Waals surface area contributed by atoms with Crippen molar-refractivity contribution in [3.8, 4) is 0 Å². The van der Waals surface area contributed by atoms with Crippen LogP contribution in [0, 0.1) is 0 Å². The molecule has 110 valence electrons. The summed E-state index contributed by atoms with van der Waals surface area (Å²) in [4.78, 5) is 14.6. The Hall–Kier alpha value is -1.39. The van der Waals surface area contributed by atoms with Crippen LogP contribution in [-0.4, -0.2) is 43.0 Å². The molecule has 1 fully saturated rings. The standard InChI is InChI=1S/C16H25N3O/c1-13(14-5-3-2-4-6-14)16(20)18-15-7-10-19(11-8-15)12-9-17/h2-6,13,15H,7-12,17H2,1H3,(H,18,20). The zero-order valence-electron chi connectivity index (χ0n) is 12.2. The summed E-state index contributed by atoms with van der Waals surface area (Å²) in [6.07, 6.45) is 2.04. The van der Waals surface area contributed by atoms with E-state index in [0.717, 1.165) is 38.0 Å². The van der Waals surface area contributed by atoms with Gasteiger partial charge in [0.2, 0.25) is 5.91 Å². The van der Waals surface area contributed by atoms with Gasteiger partial charge < -0.3 is 16.0 Å². The van der Waals surface area contributed by atoms with Crippen molar-refractivity contribution in [1.82, 2.24) is 10.2 Å². The Labute approximate surface area is 121 Å². The van der Waals surface area contributed by atoms with E-state index in [0.29, 0.717) is 12.6 Å². The number of nitrogens with zero attached hydrogens (tertiary/aromatic N) is 1. The highest BCUT2D eigenvalue weighted by atomic mass is 16.1. The lowest BCUT2D eigenvalue weighted by Crippen LogP contribution is -2.46. The predicted molar refractivity (Wildman–Crippen MR) is 81.5 cm³/mol. The molecule has 1 atom stereocenters. The summed E-state index contributed by atoms with van der Waals surface area (Å²) in [6, 6.07) is 10.3. The second-order valence-electron chi connectivity index (χ2n) is 5.55. The fourth-order valence-electron chi connectivity index (χ4n) is 2.70. The van der Waals surface area contributed by atoms with E-state index in [4.69, 9.17) is 5.73 Å². The van der Waals surface area contributed by atoms with Crippen molar-refractivity contribution in [1.29, 1.82) is 0 Å². The summed E-state index contributed by atoms with van der Waals surface area (Å²) in [5, 5.41) is 3.18. The largest absolute Gasteiger partial charge is 0.353 e. The smallest absolute Gasteiger partial charge is 0.227 e. The fourth-order valence-corrected chi connectivity index (χ4v) is 2.70. The Balaban J connectivity index is 1.81. The van der Waals surface area contributed by atoms with Gasteiger partial charge in [0, 0.05) is 32.2 Å². The van der Waals surface area contributed by atoms with Gasteiger partial charge in [-0.25, -0.2) is 0 Å². The lowest BCUT2D eigenvalue weighted by Gasteiger charge is -2.32. The first-order chi connectivity index (χ1) is 9.70. The molecule has 0 bridgehead atoms. The number of benzene rings is 1. The molecule has 1 amide bonds. The molecule has 0 radical (unpaired) electrons. The first kappa shape index (κ1) is 15.0. The lowest BCUT2D eigenvalue weighted by atomic mass is 9.98. The van der Waals surface area contributed by atoms with Crippen molar-refractivity contribution in [3.05, 3.63) is 35.9 Å². The molecule has 1 unspecified atom stereocenters. The number of carbonyl (C=O) groups excluding carboxylic acids is 1. The fraction of sp³-hybridized carbons (Fsp3) is 0.562. The van der Waals surface area contributed by atoms with Gasteiger partial charge >= 0.3 is 0 Å². The van der Waals surface area contributed by atoms with Crippen molar-refractivity contribution in [2.75, 3.05) is 26.2 Å². The molecule has 2 rings (SSSR count). The van der Waals surface area contributed by atoms with E-state index >= 15 is 0 Å². The minimum atomic E-state index is -0.0849. The molecular weight excluding hydrogens is 250 g/mol. The Morgan fingerprint density at radius 3 is 2.60 bits per heavy atom. The van der Waals surface area contributed by atoms with Crippen molar-refractivity contribution < 1.29 is 4.79 Å². The summed E-state index contributed by atoms with van der Waals surface area (Å²) in [5.74, 6) is 0.0479. The average Bonchev–Trinajstić information content (AvgIpc) is 2.49. The highest BCUT2D eigenvalue weighted by molar-refractivity contribution is 5.83. The number of carbonyl (C=O) groups is 1. The molecule has 20 heavy (non-hydrogen) atoms. The van der Waals surface area contributed by atoms with E-state index in [1.165, 1.54) is 0 Å². The maximum atomic E-state index is 12.3. The monoisotopic (exact) mass is 275 g/mol. The molecule has 1 aromatic carbocycles. The molecule has 3 N–H and O–H groups in total. The Kier molecular flexibility index (Phi) is 5.56. The molecule has 1 aromatic rings. The third kappa shape index (κ3) is 4.05. The molecule has 0 aromatic heterocycles. The number of hydrogen-bond donors (Lipinski definition) is 2. The Morgan fingerprint density at radius 2 is 2.00 bits per heavy atom. The number of likely N-dealkylation sites (tertiary alicyclic amines) is 1. The van der Waals surface area contributed by atoms with Crippen LogP contribution in [0.3, 0.4) is 0 Å². The van der Waals surface area contributed by atoms with Crippen LogP contribution in [0.2, 0.25) is 0 Å². The van der Waals surface area contributed by atoms with Gasteiger partial charge in [0.05, 0.1) is 5.92 Å². The Bertz CT molecular complexity index is 413. The molecule has 0 aliphatic carbocycles. The minimum Gasteiger partial charge on any atom is -0.353 e. The van der Waals surface area contributed by atoms with Crippen LogP contribution < -0.4 is 11.1 Å². The highest BCUT2D eigenvalue weighted by Crippen LogP contribution is 2.16. The number of nitrogens with one attached hydrogen (secondary N) is 1. The van der Waals surface area contributed by atoms with Crippen LogP contribution in [0.25, 0.3) is 0 Å². The molecule has 4 heteroatoms. The number of rotatable bonds is 5. The van der Waals surface area contributed by atoms with Crippen LogP contribution in [-0.2, 0) is 4.79 Å². The maximum absolute atomic E-state index is 12.3. The second-order valence-corrected chi connectivity index (χ2v) is 5.55. The molecular formula is C16H25N3O. The summed E-state index contributed by atoms with van der Waals surface area (Å²) in [5.41, 5.74) is 6.64. The van der Waals surface area contributed by atoms with E-state index in [2.05, 4.69) is 10.2 Å². The number of nitrogens with two attached hydrogens (primary N) is 1. The van der Waals surface area contributed by atoms with Gasteiger partial charge in [-0.3, -0.25) is 4.79 Å². The predicted octanol–water partition coefficient (Wildman–Crippen LogP) is 1.33. The summed E-state index contributed by atoms with van der Waals surface area (Å²) in [6.45, 7) is 5.70. The van der Waals surface area contributed by atoms with Gasteiger partial charge in [0.25, 0.3) is 0 Å². The first-order valence-corrected chi connectivity index (χ1v) is 7.48. The van der Waals surface area contributed by atoms with Gasteiger partial charge in [-0.1, -0.05) is 30.3 Å². The summed E-state index contributed by atoms with van der Waals surface area (Å²) in [7, 11) is 0. The topological polar surface area (TPSA) is 58.4 Å². The zero-order chi connectivity index (χ0) is 14.4. The van der Waals surface area contributed by atoms with Crippen LogP contribution in [0.5, 0.6) is 0 Å². The molecule has 1 aliphatic rings. The number of piperidine rings is 1. The van der Waals surface area contributed by atoms with Crippen molar-refractivity contribution in [2.45, 2.75) is 31.7 Å². The molecule has 1 aliphatic heterocycles. The van der Waals surface area contributed by atoms with Gasteiger partial charge in [-0.15, -0.1) is 0 Å². The quantitative estimate of drug-likeness (QED) is 0.852. The van der Waals surface area contributed by atoms with Crippen molar-refractivity contribution in [2.24, 2.45) is 5.73 Å². The number of amides is 1. The highest BCUT2D eigenvalue weighted by Gasteiger charge is 2.22. The van der Waals surface area contributed by atoms with E-state index in [1.54, 1.807) is 0 Å². The van der Waals surface area contributed by atoms with E-state index in [9.17, 15) is 4.79 Å². The van der Waals surface area contributed by atoms with Crippen LogP contribution >= 0.6 is 0 Å². The third-order valence-corrected chi connectivity index (χ3v) is 4.07. The molecule has 4 nitrogen and oxygen atoms in total. The molecule has 1 heterocycles. The lowest BCUT2D eigenvalue weighted by molar-refractivity contribution is -0.123. The van der Waals surface area contributed by atoms with E-state index < -0.39 is 0 Å².